The average Bonchev–Trinajstić information content (AvgIpc) is 2.77. The van der Waals surface area contributed by atoms with Crippen LogP contribution >= 0.6 is 0 Å². The van der Waals surface area contributed by atoms with Gasteiger partial charge in [-0.05, 0) is 74.2 Å². The summed E-state index contributed by atoms with van der Waals surface area (Å²) in [5, 5.41) is 16.4. The number of benzene rings is 1. The van der Waals surface area contributed by atoms with Crippen molar-refractivity contribution in [3.8, 4) is 6.07 Å². The van der Waals surface area contributed by atoms with Crippen LogP contribution in [0.5, 0.6) is 0 Å². The monoisotopic (exact) mass is 416 g/mol. The molecule has 162 valence electrons. The van der Waals surface area contributed by atoms with Gasteiger partial charge in [0.15, 0.2) is 0 Å². The highest BCUT2D eigenvalue weighted by molar-refractivity contribution is 5.53. The minimum atomic E-state index is 0.309. The van der Waals surface area contributed by atoms with E-state index in [4.69, 9.17) is 5.73 Å². The van der Waals surface area contributed by atoms with Gasteiger partial charge in [0.2, 0.25) is 5.95 Å². The van der Waals surface area contributed by atoms with E-state index < -0.39 is 0 Å². The number of nitriles is 1. The van der Waals surface area contributed by atoms with Crippen LogP contribution in [0.25, 0.3) is 0 Å². The molecule has 0 radical (unpaired) electrons. The van der Waals surface area contributed by atoms with E-state index in [-0.39, 0.29) is 0 Å². The molecule has 4 saturated carbocycles. The van der Waals surface area contributed by atoms with Crippen LogP contribution in [0, 0.1) is 41.4 Å². The molecule has 1 aromatic carbocycles. The largest absolute Gasteiger partial charge is 0.368 e. The zero-order valence-corrected chi connectivity index (χ0v) is 18.3. The highest BCUT2D eigenvalue weighted by Gasteiger charge is 2.54. The van der Waals surface area contributed by atoms with Crippen LogP contribution in [0.2, 0.25) is 0 Å². The summed E-state index contributed by atoms with van der Waals surface area (Å²) < 4.78 is 0. The number of aryl methyl sites for hydroxylation is 1. The molecule has 0 aliphatic heterocycles. The Balaban J connectivity index is 1.23. The minimum Gasteiger partial charge on any atom is -0.368 e. The number of rotatable bonds is 7. The summed E-state index contributed by atoms with van der Waals surface area (Å²) in [6.07, 6.45) is 8.86. The molecule has 1 aromatic heterocycles. The number of nitrogens with one attached hydrogen (secondary N) is 2. The summed E-state index contributed by atoms with van der Waals surface area (Å²) in [5.74, 6) is 3.40. The maximum absolute atomic E-state index is 9.54. The summed E-state index contributed by atoms with van der Waals surface area (Å²) in [7, 11) is 0. The van der Waals surface area contributed by atoms with Crippen molar-refractivity contribution < 1.29 is 0 Å². The van der Waals surface area contributed by atoms with E-state index in [1.807, 2.05) is 0 Å². The predicted octanol–water partition coefficient (Wildman–Crippen LogP) is 3.88. The highest BCUT2D eigenvalue weighted by atomic mass is 15.1. The lowest BCUT2D eigenvalue weighted by atomic mass is 9.48. The van der Waals surface area contributed by atoms with Crippen LogP contribution in [0.1, 0.15) is 48.8 Å². The Labute approximate surface area is 184 Å². The van der Waals surface area contributed by atoms with Gasteiger partial charge in [0, 0.05) is 19.1 Å². The van der Waals surface area contributed by atoms with E-state index in [1.165, 1.54) is 43.2 Å². The molecule has 31 heavy (non-hydrogen) atoms. The van der Waals surface area contributed by atoms with E-state index >= 15 is 0 Å². The van der Waals surface area contributed by atoms with Crippen molar-refractivity contribution in [2.24, 2.45) is 28.9 Å². The summed E-state index contributed by atoms with van der Waals surface area (Å²) >= 11 is 0. The summed E-state index contributed by atoms with van der Waals surface area (Å²) in [4.78, 5) is 8.98. The fraction of sp³-hybridized carbons (Fsp3) is 0.560. The molecule has 6 rings (SSSR count). The van der Waals surface area contributed by atoms with Gasteiger partial charge in [-0.1, -0.05) is 29.8 Å². The van der Waals surface area contributed by atoms with E-state index in [1.54, 1.807) is 6.20 Å². The molecule has 0 saturated heterocycles. The van der Waals surface area contributed by atoms with E-state index in [9.17, 15) is 5.26 Å². The van der Waals surface area contributed by atoms with Crippen molar-refractivity contribution >= 4 is 11.8 Å². The smallest absolute Gasteiger partial charge is 0.224 e. The molecule has 6 nitrogen and oxygen atoms in total. The average molecular weight is 417 g/mol. The fourth-order valence-corrected chi connectivity index (χ4v) is 6.48. The van der Waals surface area contributed by atoms with E-state index in [0.29, 0.717) is 40.6 Å². The molecule has 4 bridgehead atoms. The standard InChI is InChI=1S/C25H32N6/c1-16-2-4-17(5-3-16)6-7-28-24-29-14-21(13-26)23(31-24)30-15-25-10-18-8-19(11-25)22(27)20(9-18)12-25/h2-5,14,18-20,22H,6-12,15,27H2,1H3,(H2,28,29,30,31)/t18?,19-,20+,22?,25?. The number of nitrogens with zero attached hydrogens (tertiary/aromatic N) is 3. The summed E-state index contributed by atoms with van der Waals surface area (Å²) in [6, 6.07) is 11.2. The Hall–Kier alpha value is -2.65. The SMILES string of the molecule is Cc1ccc(CCNc2ncc(C#N)c(NCC34CC5C[C@H](C3)C(N)[C@@H](C5)C4)n2)cc1. The van der Waals surface area contributed by atoms with Gasteiger partial charge in [-0.2, -0.15) is 10.2 Å². The van der Waals surface area contributed by atoms with Gasteiger partial charge in [0.1, 0.15) is 17.5 Å². The number of hydrogen-bond donors (Lipinski definition) is 3. The second-order valence-corrected chi connectivity index (χ2v) is 10.1. The number of nitrogens with two attached hydrogens (primary N) is 1. The Bertz CT molecular complexity index is 962. The molecule has 4 fully saturated rings. The van der Waals surface area contributed by atoms with Crippen LogP contribution in [-0.4, -0.2) is 29.1 Å². The Morgan fingerprint density at radius 2 is 1.87 bits per heavy atom. The van der Waals surface area contributed by atoms with Crippen molar-refractivity contribution in [3.05, 3.63) is 47.2 Å². The first-order valence-corrected chi connectivity index (χ1v) is 11.6. The number of anilines is 2. The molecule has 4 aliphatic carbocycles. The molecular formula is C25H32N6. The third kappa shape index (κ3) is 4.12. The lowest BCUT2D eigenvalue weighted by Crippen LogP contribution is -2.58. The van der Waals surface area contributed by atoms with Crippen LogP contribution < -0.4 is 16.4 Å². The molecule has 3 unspecified atom stereocenters. The maximum Gasteiger partial charge on any atom is 0.224 e. The second kappa shape index (κ2) is 8.12. The van der Waals surface area contributed by atoms with Crippen molar-refractivity contribution in [3.63, 3.8) is 0 Å². The van der Waals surface area contributed by atoms with Crippen molar-refractivity contribution in [2.45, 2.75) is 51.5 Å². The molecule has 6 heteroatoms. The van der Waals surface area contributed by atoms with Crippen molar-refractivity contribution in [1.29, 1.82) is 5.26 Å². The summed E-state index contributed by atoms with van der Waals surface area (Å²) in [6.45, 7) is 3.72. The van der Waals surface area contributed by atoms with E-state index in [2.05, 4.69) is 57.9 Å². The first-order valence-electron chi connectivity index (χ1n) is 11.6. The molecule has 4 N–H and O–H groups in total. The van der Waals surface area contributed by atoms with Crippen LogP contribution in [0.3, 0.4) is 0 Å². The molecule has 5 atom stereocenters. The normalized spacial score (nSPS) is 30.7. The second-order valence-electron chi connectivity index (χ2n) is 10.1. The molecule has 0 spiro atoms. The van der Waals surface area contributed by atoms with Gasteiger partial charge in [-0.3, -0.25) is 0 Å². The maximum atomic E-state index is 9.54. The predicted molar refractivity (Wildman–Crippen MR) is 123 cm³/mol. The first-order chi connectivity index (χ1) is 15.0. The van der Waals surface area contributed by atoms with Gasteiger partial charge in [-0.15, -0.1) is 0 Å². The van der Waals surface area contributed by atoms with E-state index in [0.717, 1.165) is 25.4 Å². The third-order valence-corrected chi connectivity index (χ3v) is 7.83. The third-order valence-electron chi connectivity index (χ3n) is 7.83. The molecular weight excluding hydrogens is 384 g/mol. The zero-order valence-electron chi connectivity index (χ0n) is 18.3. The lowest BCUT2D eigenvalue weighted by molar-refractivity contribution is -0.0591. The van der Waals surface area contributed by atoms with Gasteiger partial charge < -0.3 is 16.4 Å². The van der Waals surface area contributed by atoms with Gasteiger partial charge in [0.25, 0.3) is 0 Å². The first kappa shape index (κ1) is 20.3. The Morgan fingerprint density at radius 1 is 1.13 bits per heavy atom. The van der Waals surface area contributed by atoms with Crippen molar-refractivity contribution in [1.82, 2.24) is 9.97 Å². The lowest BCUT2D eigenvalue weighted by Gasteiger charge is -2.59. The highest BCUT2D eigenvalue weighted by Crippen LogP contribution is 2.59. The van der Waals surface area contributed by atoms with Gasteiger partial charge >= 0.3 is 0 Å². The van der Waals surface area contributed by atoms with Crippen LogP contribution in [0.4, 0.5) is 11.8 Å². The minimum absolute atomic E-state index is 0.309. The summed E-state index contributed by atoms with van der Waals surface area (Å²) in [5.41, 5.74) is 9.87. The zero-order chi connectivity index (χ0) is 21.4. The van der Waals surface area contributed by atoms with Gasteiger partial charge in [-0.25, -0.2) is 4.98 Å². The Morgan fingerprint density at radius 3 is 2.58 bits per heavy atom. The molecule has 0 amide bonds. The fourth-order valence-electron chi connectivity index (χ4n) is 6.48. The number of aromatic nitrogens is 2. The number of hydrogen-bond acceptors (Lipinski definition) is 6. The van der Waals surface area contributed by atoms with Crippen molar-refractivity contribution in [2.75, 3.05) is 23.7 Å². The molecule has 1 heterocycles. The quantitative estimate of drug-likeness (QED) is 0.633. The topological polar surface area (TPSA) is 99.7 Å². The van der Waals surface area contributed by atoms with Gasteiger partial charge in [0.05, 0.1) is 6.20 Å². The molecule has 2 aromatic rings. The van der Waals surface area contributed by atoms with Crippen LogP contribution in [0.15, 0.2) is 30.5 Å². The van der Waals surface area contributed by atoms with Crippen LogP contribution in [-0.2, 0) is 6.42 Å². The Kier molecular flexibility index (Phi) is 5.31. The molecule has 4 aliphatic rings.